The summed E-state index contributed by atoms with van der Waals surface area (Å²) < 4.78 is 10.6. The largest absolute Gasteiger partial charge is 0.464 e. The third-order valence-corrected chi connectivity index (χ3v) is 4.60. The van der Waals surface area contributed by atoms with Gasteiger partial charge in [0.2, 0.25) is 5.54 Å². The van der Waals surface area contributed by atoms with Gasteiger partial charge in [0.05, 0.1) is 19.8 Å². The highest BCUT2D eigenvalue weighted by molar-refractivity contribution is 6.05. The Balaban J connectivity index is 2.45. The molecule has 26 heavy (non-hydrogen) atoms. The van der Waals surface area contributed by atoms with Crippen LogP contribution in [0.4, 0.5) is 0 Å². The van der Waals surface area contributed by atoms with Gasteiger partial charge in [0.15, 0.2) is 0 Å². The first-order valence-electron chi connectivity index (χ1n) is 9.09. The minimum atomic E-state index is -1.61. The van der Waals surface area contributed by atoms with Crippen LogP contribution in [-0.2, 0) is 24.6 Å². The number of β-amino-alcohol motifs (C(OH)–C–C–N with tert-alkyl or cyclic N) is 1. The fourth-order valence-corrected chi connectivity index (χ4v) is 3.36. The summed E-state index contributed by atoms with van der Waals surface area (Å²) in [6.45, 7) is 6.73. The Hall–Kier alpha value is -1.96. The molecule has 1 saturated heterocycles. The molecule has 0 amide bonds. The molecule has 0 saturated carbocycles. The Morgan fingerprint density at radius 2 is 1.54 bits per heavy atom. The van der Waals surface area contributed by atoms with Gasteiger partial charge in [-0.15, -0.1) is 0 Å². The normalized spacial score (nSPS) is 16.3. The number of rotatable bonds is 8. The Bertz CT molecular complexity index is 567. The summed E-state index contributed by atoms with van der Waals surface area (Å²) >= 11 is 0. The highest BCUT2D eigenvalue weighted by Crippen LogP contribution is 2.33. The number of aliphatic hydroxyl groups is 1. The number of nitrogens with zero attached hydrogens (tertiary/aromatic N) is 2. The van der Waals surface area contributed by atoms with E-state index >= 15 is 0 Å². The molecular formula is C19H28N2O5. The fourth-order valence-electron chi connectivity index (χ4n) is 3.36. The zero-order chi connectivity index (χ0) is 19.0. The first-order chi connectivity index (χ1) is 12.6. The molecule has 1 aliphatic heterocycles. The average Bonchev–Trinajstić information content (AvgIpc) is 2.65. The molecule has 0 spiro atoms. The zero-order valence-corrected chi connectivity index (χ0v) is 15.5. The molecule has 1 aromatic carbocycles. The molecule has 144 valence electrons. The van der Waals surface area contributed by atoms with E-state index in [1.807, 2.05) is 11.0 Å². The molecule has 0 bridgehead atoms. The number of carbonyl (C=O) groups excluding carboxylic acids is 2. The zero-order valence-electron chi connectivity index (χ0n) is 15.5. The maximum absolute atomic E-state index is 13.1. The Morgan fingerprint density at radius 3 is 2.00 bits per heavy atom. The van der Waals surface area contributed by atoms with E-state index in [4.69, 9.17) is 14.6 Å². The van der Waals surface area contributed by atoms with Crippen molar-refractivity contribution in [3.8, 4) is 0 Å². The van der Waals surface area contributed by atoms with Gasteiger partial charge in [-0.25, -0.2) is 9.59 Å². The van der Waals surface area contributed by atoms with E-state index in [9.17, 15) is 9.59 Å². The maximum Gasteiger partial charge on any atom is 0.343 e. The van der Waals surface area contributed by atoms with Crippen LogP contribution in [0.5, 0.6) is 0 Å². The van der Waals surface area contributed by atoms with Crippen molar-refractivity contribution >= 4 is 11.9 Å². The summed E-state index contributed by atoms with van der Waals surface area (Å²) in [4.78, 5) is 30.1. The van der Waals surface area contributed by atoms with Gasteiger partial charge in [-0.05, 0) is 19.4 Å². The van der Waals surface area contributed by atoms with Crippen LogP contribution in [0, 0.1) is 0 Å². The maximum atomic E-state index is 13.1. The molecule has 7 heteroatoms. The summed E-state index contributed by atoms with van der Waals surface area (Å²) in [6, 6.07) is 8.95. The number of ether oxygens (including phenoxy) is 2. The van der Waals surface area contributed by atoms with Crippen molar-refractivity contribution in [2.45, 2.75) is 19.4 Å². The molecule has 1 fully saturated rings. The molecule has 1 N–H and O–H groups in total. The van der Waals surface area contributed by atoms with Gasteiger partial charge in [0, 0.05) is 32.7 Å². The van der Waals surface area contributed by atoms with Crippen LogP contribution in [0.25, 0.3) is 0 Å². The average molecular weight is 364 g/mol. The van der Waals surface area contributed by atoms with E-state index in [0.29, 0.717) is 38.3 Å². The van der Waals surface area contributed by atoms with Gasteiger partial charge < -0.3 is 14.6 Å². The van der Waals surface area contributed by atoms with E-state index in [2.05, 4.69) is 4.90 Å². The smallest absolute Gasteiger partial charge is 0.343 e. The van der Waals surface area contributed by atoms with Gasteiger partial charge >= 0.3 is 11.9 Å². The van der Waals surface area contributed by atoms with Gasteiger partial charge in [-0.3, -0.25) is 9.80 Å². The Morgan fingerprint density at radius 1 is 1.00 bits per heavy atom. The number of aliphatic hydroxyl groups excluding tert-OH is 1. The van der Waals surface area contributed by atoms with Gasteiger partial charge in [-0.2, -0.15) is 0 Å². The Kier molecular flexibility index (Phi) is 7.56. The first kappa shape index (κ1) is 20.4. The van der Waals surface area contributed by atoms with Crippen molar-refractivity contribution in [2.24, 2.45) is 0 Å². The quantitative estimate of drug-likeness (QED) is 0.535. The monoisotopic (exact) mass is 364 g/mol. The van der Waals surface area contributed by atoms with Crippen molar-refractivity contribution in [3.63, 3.8) is 0 Å². The van der Waals surface area contributed by atoms with Gasteiger partial charge in [0.25, 0.3) is 0 Å². The fraction of sp³-hybridized carbons (Fsp3) is 0.579. The van der Waals surface area contributed by atoms with Crippen LogP contribution in [0.1, 0.15) is 19.4 Å². The van der Waals surface area contributed by atoms with E-state index < -0.39 is 17.5 Å². The summed E-state index contributed by atoms with van der Waals surface area (Å²) in [7, 11) is 0. The number of hydrogen-bond donors (Lipinski definition) is 1. The molecule has 0 aliphatic carbocycles. The van der Waals surface area contributed by atoms with Crippen molar-refractivity contribution in [2.75, 3.05) is 52.5 Å². The Labute approximate surface area is 154 Å². The highest BCUT2D eigenvalue weighted by Gasteiger charge is 2.55. The molecule has 0 radical (unpaired) electrons. The van der Waals surface area contributed by atoms with Crippen LogP contribution < -0.4 is 0 Å². The van der Waals surface area contributed by atoms with Crippen LogP contribution in [0.2, 0.25) is 0 Å². The number of hydrogen-bond acceptors (Lipinski definition) is 7. The molecule has 0 atom stereocenters. The second-order valence-electron chi connectivity index (χ2n) is 6.07. The summed E-state index contributed by atoms with van der Waals surface area (Å²) in [5, 5.41) is 9.14. The minimum absolute atomic E-state index is 0.0829. The third-order valence-electron chi connectivity index (χ3n) is 4.60. The minimum Gasteiger partial charge on any atom is -0.464 e. The summed E-state index contributed by atoms with van der Waals surface area (Å²) in [6.07, 6.45) is 0. The summed E-state index contributed by atoms with van der Waals surface area (Å²) in [5.41, 5.74) is -1.06. The van der Waals surface area contributed by atoms with E-state index in [1.165, 1.54) is 0 Å². The molecule has 1 aromatic rings. The van der Waals surface area contributed by atoms with E-state index in [-0.39, 0.29) is 19.8 Å². The molecule has 1 heterocycles. The van der Waals surface area contributed by atoms with Crippen molar-refractivity contribution in [3.05, 3.63) is 35.9 Å². The number of carbonyl (C=O) groups is 2. The molecule has 2 rings (SSSR count). The van der Waals surface area contributed by atoms with Crippen LogP contribution in [-0.4, -0.2) is 79.4 Å². The number of benzene rings is 1. The van der Waals surface area contributed by atoms with Crippen LogP contribution in [0.15, 0.2) is 30.3 Å². The summed E-state index contributed by atoms with van der Waals surface area (Å²) in [5.74, 6) is -1.22. The van der Waals surface area contributed by atoms with Crippen molar-refractivity contribution in [1.29, 1.82) is 0 Å². The van der Waals surface area contributed by atoms with Crippen LogP contribution in [0.3, 0.4) is 0 Å². The lowest BCUT2D eigenvalue weighted by Crippen LogP contribution is -2.63. The van der Waals surface area contributed by atoms with Gasteiger partial charge in [-0.1, -0.05) is 30.3 Å². The lowest BCUT2D eigenvalue weighted by atomic mass is 9.87. The van der Waals surface area contributed by atoms with Gasteiger partial charge in [0.1, 0.15) is 0 Å². The first-order valence-corrected chi connectivity index (χ1v) is 9.09. The van der Waals surface area contributed by atoms with Crippen molar-refractivity contribution < 1.29 is 24.2 Å². The lowest BCUT2D eigenvalue weighted by molar-refractivity contribution is -0.178. The second kappa shape index (κ2) is 9.66. The van der Waals surface area contributed by atoms with E-state index in [1.54, 1.807) is 38.1 Å². The predicted octanol–water partition coefficient (Wildman–Crippen LogP) is 0.618. The third kappa shape index (κ3) is 4.06. The molecular weight excluding hydrogens is 336 g/mol. The molecule has 0 unspecified atom stereocenters. The molecule has 1 aliphatic rings. The second-order valence-corrected chi connectivity index (χ2v) is 6.07. The van der Waals surface area contributed by atoms with Crippen molar-refractivity contribution in [1.82, 2.24) is 9.80 Å². The highest BCUT2D eigenvalue weighted by atomic mass is 16.6. The standard InChI is InChI=1S/C19H28N2O5/c1-3-25-17(23)19(18(24)26-4-2,16-8-6-5-7-9-16)21-12-10-20(11-13-21)14-15-22/h5-9,22H,3-4,10-15H2,1-2H3. The predicted molar refractivity (Wildman–Crippen MR) is 96.5 cm³/mol. The lowest BCUT2D eigenvalue weighted by Gasteiger charge is -2.44. The van der Waals surface area contributed by atoms with E-state index in [0.717, 1.165) is 0 Å². The topological polar surface area (TPSA) is 79.3 Å². The SMILES string of the molecule is CCOC(=O)C(C(=O)OCC)(c1ccccc1)N1CCN(CCO)CC1. The number of piperazine rings is 1. The molecule has 7 nitrogen and oxygen atoms in total. The number of esters is 2. The molecule has 0 aromatic heterocycles. The van der Waals surface area contributed by atoms with Crippen LogP contribution >= 0.6 is 0 Å².